The Labute approximate surface area is 180 Å². The van der Waals surface area contributed by atoms with Gasteiger partial charge in [0.25, 0.3) is 5.91 Å². The summed E-state index contributed by atoms with van der Waals surface area (Å²) in [5.41, 5.74) is 0.704. The van der Waals surface area contributed by atoms with Crippen LogP contribution in [0.5, 0.6) is 11.5 Å². The summed E-state index contributed by atoms with van der Waals surface area (Å²) in [6, 6.07) is 5.18. The first-order valence-corrected chi connectivity index (χ1v) is 10.1. The van der Waals surface area contributed by atoms with Crippen LogP contribution < -0.4 is 14.8 Å². The zero-order valence-electron chi connectivity index (χ0n) is 18.6. The number of benzene rings is 1. The molecule has 0 atom stereocenters. The van der Waals surface area contributed by atoms with Gasteiger partial charge in [-0.3, -0.25) is 9.48 Å². The lowest BCUT2D eigenvalue weighted by molar-refractivity contribution is 0.102. The zero-order valence-corrected chi connectivity index (χ0v) is 18.6. The van der Waals surface area contributed by atoms with E-state index in [0.29, 0.717) is 41.0 Å². The van der Waals surface area contributed by atoms with Crippen LogP contribution in [0.3, 0.4) is 0 Å². The van der Waals surface area contributed by atoms with E-state index in [1.807, 2.05) is 34.6 Å². The molecular formula is C22H27N5O4. The first kappa shape index (κ1) is 20.9. The van der Waals surface area contributed by atoms with Crippen molar-refractivity contribution in [1.82, 2.24) is 19.9 Å². The number of hydrogen-bond donors (Lipinski definition) is 1. The maximum Gasteiger partial charge on any atom is 0.257 e. The van der Waals surface area contributed by atoms with Crippen molar-refractivity contribution in [2.45, 2.75) is 58.7 Å². The van der Waals surface area contributed by atoms with E-state index in [2.05, 4.69) is 20.6 Å². The van der Waals surface area contributed by atoms with Crippen LogP contribution in [0, 0.1) is 0 Å². The fraction of sp³-hybridized carbons (Fsp3) is 0.455. The Balaban J connectivity index is 1.58. The smallest absolute Gasteiger partial charge is 0.257 e. The molecule has 3 aromatic rings. The van der Waals surface area contributed by atoms with Gasteiger partial charge in [-0.05, 0) is 26.0 Å². The number of rotatable bonds is 5. The molecule has 164 valence electrons. The molecule has 0 radical (unpaired) electrons. The Bertz CT molecular complexity index is 1120. The van der Waals surface area contributed by atoms with Crippen LogP contribution >= 0.6 is 0 Å². The van der Waals surface area contributed by atoms with Gasteiger partial charge >= 0.3 is 0 Å². The van der Waals surface area contributed by atoms with Crippen molar-refractivity contribution in [3.05, 3.63) is 47.2 Å². The summed E-state index contributed by atoms with van der Waals surface area (Å²) in [6.45, 7) is 10.1. The first-order chi connectivity index (χ1) is 14.5. The first-order valence-electron chi connectivity index (χ1n) is 10.1. The predicted octanol–water partition coefficient (Wildman–Crippen LogP) is 3.65. The summed E-state index contributed by atoms with van der Waals surface area (Å²) in [5, 5.41) is 11.0. The van der Waals surface area contributed by atoms with Crippen LogP contribution in [0.15, 0.2) is 28.9 Å². The number of fused-ring (bicyclic) bond motifs is 1. The average Bonchev–Trinajstić information content (AvgIpc) is 3.36. The number of aryl methyl sites for hydroxylation is 1. The molecule has 3 heterocycles. The zero-order chi connectivity index (χ0) is 22.4. The van der Waals surface area contributed by atoms with Crippen LogP contribution in [0.2, 0.25) is 0 Å². The normalized spacial score (nSPS) is 14.8. The number of ether oxygens (including phenoxy) is 2. The molecule has 9 nitrogen and oxygen atoms in total. The van der Waals surface area contributed by atoms with E-state index >= 15 is 0 Å². The summed E-state index contributed by atoms with van der Waals surface area (Å²) in [4.78, 5) is 17.2. The molecule has 1 aliphatic heterocycles. The molecule has 0 saturated heterocycles. The summed E-state index contributed by atoms with van der Waals surface area (Å²) in [6.07, 6.45) is 2.43. The lowest BCUT2D eigenvalue weighted by atomic mass is 9.97. The maximum atomic E-state index is 12.8. The third kappa shape index (κ3) is 4.55. The molecule has 0 saturated carbocycles. The highest BCUT2D eigenvalue weighted by Crippen LogP contribution is 2.41. The molecule has 0 fully saturated rings. The van der Waals surface area contributed by atoms with Gasteiger partial charge in [0.2, 0.25) is 11.7 Å². The Kier molecular flexibility index (Phi) is 4.99. The number of hydrogen-bond acceptors (Lipinski definition) is 7. The van der Waals surface area contributed by atoms with Crippen LogP contribution in [0.25, 0.3) is 0 Å². The lowest BCUT2D eigenvalue weighted by Gasteiger charge is -2.16. The molecule has 1 amide bonds. The van der Waals surface area contributed by atoms with Gasteiger partial charge in [-0.25, -0.2) is 0 Å². The number of nitrogens with zero attached hydrogens (tertiary/aromatic N) is 4. The standard InChI is InChI=1S/C22H27N5O4/c1-21(2,3)20-24-18(26-31-20)12-29-15-9-13(10-16-14(15)11-22(4,5)30-16)19(28)23-17-7-8-27(6)25-17/h7-10H,11-12H2,1-6H3,(H,23,25,28). The third-order valence-corrected chi connectivity index (χ3v) is 4.84. The second-order valence-corrected chi connectivity index (χ2v) is 9.37. The summed E-state index contributed by atoms with van der Waals surface area (Å²) < 4.78 is 19.0. The van der Waals surface area contributed by atoms with E-state index in [9.17, 15) is 4.79 Å². The van der Waals surface area contributed by atoms with Crippen LogP contribution in [-0.4, -0.2) is 31.4 Å². The average molecular weight is 425 g/mol. The highest BCUT2D eigenvalue weighted by molar-refractivity contribution is 6.04. The third-order valence-electron chi connectivity index (χ3n) is 4.84. The summed E-state index contributed by atoms with van der Waals surface area (Å²) in [5.74, 6) is 2.37. The van der Waals surface area contributed by atoms with Gasteiger partial charge in [-0.2, -0.15) is 10.1 Å². The number of anilines is 1. The van der Waals surface area contributed by atoms with Crippen molar-refractivity contribution >= 4 is 11.7 Å². The number of aromatic nitrogens is 4. The molecular weight excluding hydrogens is 398 g/mol. The van der Waals surface area contributed by atoms with E-state index in [1.54, 1.807) is 36.1 Å². The van der Waals surface area contributed by atoms with E-state index in [4.69, 9.17) is 14.0 Å². The van der Waals surface area contributed by atoms with Crippen molar-refractivity contribution in [2.75, 3.05) is 5.32 Å². The molecule has 31 heavy (non-hydrogen) atoms. The number of nitrogens with one attached hydrogen (secondary N) is 1. The predicted molar refractivity (Wildman–Crippen MR) is 113 cm³/mol. The minimum atomic E-state index is -0.387. The van der Waals surface area contributed by atoms with Crippen molar-refractivity contribution in [2.24, 2.45) is 7.05 Å². The molecule has 0 aliphatic carbocycles. The molecule has 1 aromatic carbocycles. The highest BCUT2D eigenvalue weighted by atomic mass is 16.5. The van der Waals surface area contributed by atoms with Crippen LogP contribution in [-0.2, 0) is 25.5 Å². The summed E-state index contributed by atoms with van der Waals surface area (Å²) >= 11 is 0. The Morgan fingerprint density at radius 3 is 2.74 bits per heavy atom. The van der Waals surface area contributed by atoms with Crippen molar-refractivity contribution in [3.8, 4) is 11.5 Å². The molecule has 1 aliphatic rings. The molecule has 1 N–H and O–H groups in total. The minimum absolute atomic E-state index is 0.123. The van der Waals surface area contributed by atoms with E-state index in [0.717, 1.165) is 5.56 Å². The van der Waals surface area contributed by atoms with Crippen molar-refractivity contribution < 1.29 is 18.8 Å². The van der Waals surface area contributed by atoms with E-state index in [1.165, 1.54) is 0 Å². The maximum absolute atomic E-state index is 12.8. The van der Waals surface area contributed by atoms with Gasteiger partial charge in [-0.15, -0.1) is 0 Å². The molecule has 9 heteroatoms. The van der Waals surface area contributed by atoms with Gasteiger partial charge in [-0.1, -0.05) is 25.9 Å². The van der Waals surface area contributed by atoms with Gasteiger partial charge in [0, 0.05) is 42.3 Å². The van der Waals surface area contributed by atoms with Crippen LogP contribution in [0.1, 0.15) is 62.3 Å². The minimum Gasteiger partial charge on any atom is -0.487 e. The Hall–Kier alpha value is -3.36. The highest BCUT2D eigenvalue weighted by Gasteiger charge is 2.34. The number of carbonyl (C=O) groups excluding carboxylic acids is 1. The second-order valence-electron chi connectivity index (χ2n) is 9.37. The van der Waals surface area contributed by atoms with Gasteiger partial charge in [0.1, 0.15) is 17.1 Å². The van der Waals surface area contributed by atoms with E-state index in [-0.39, 0.29) is 23.5 Å². The monoisotopic (exact) mass is 425 g/mol. The van der Waals surface area contributed by atoms with Gasteiger partial charge < -0.3 is 19.3 Å². The Morgan fingerprint density at radius 2 is 2.10 bits per heavy atom. The van der Waals surface area contributed by atoms with Gasteiger partial charge in [0.05, 0.1) is 0 Å². The van der Waals surface area contributed by atoms with Crippen molar-refractivity contribution in [3.63, 3.8) is 0 Å². The van der Waals surface area contributed by atoms with E-state index < -0.39 is 0 Å². The molecule has 0 spiro atoms. The SMILES string of the molecule is Cn1ccc(NC(=O)c2cc(OCc3noc(C(C)(C)C)n3)c3c(c2)OC(C)(C)C3)n1. The van der Waals surface area contributed by atoms with Gasteiger partial charge in [0.15, 0.2) is 12.4 Å². The number of carbonyl (C=O) groups is 1. The molecule has 0 bridgehead atoms. The second kappa shape index (κ2) is 7.40. The molecule has 4 rings (SSSR count). The largest absolute Gasteiger partial charge is 0.487 e. The van der Waals surface area contributed by atoms with Crippen LogP contribution in [0.4, 0.5) is 5.82 Å². The fourth-order valence-corrected chi connectivity index (χ4v) is 3.33. The fourth-order valence-electron chi connectivity index (χ4n) is 3.33. The quantitative estimate of drug-likeness (QED) is 0.665. The Morgan fingerprint density at radius 1 is 1.32 bits per heavy atom. The topological polar surface area (TPSA) is 104 Å². The van der Waals surface area contributed by atoms with Crippen molar-refractivity contribution in [1.29, 1.82) is 0 Å². The molecule has 0 unspecified atom stereocenters. The number of amides is 1. The summed E-state index contributed by atoms with van der Waals surface area (Å²) in [7, 11) is 1.79. The molecule has 2 aromatic heterocycles. The lowest BCUT2D eigenvalue weighted by Crippen LogP contribution is -2.24.